The molecule has 0 amide bonds. The Morgan fingerprint density at radius 2 is 1.26 bits per heavy atom. The van der Waals surface area contributed by atoms with Crippen LogP contribution in [0.2, 0.25) is 0 Å². The van der Waals surface area contributed by atoms with Crippen molar-refractivity contribution in [3.05, 3.63) is 28.8 Å². The number of aromatic hydroxyl groups is 1. The summed E-state index contributed by atoms with van der Waals surface area (Å²) < 4.78 is 0. The molecular formula is C18H32N2O3. The van der Waals surface area contributed by atoms with Crippen LogP contribution in [0.25, 0.3) is 0 Å². The molecule has 132 valence electrons. The second kappa shape index (κ2) is 8.64. The fraction of sp³-hybridized carbons (Fsp3) is 0.667. The van der Waals surface area contributed by atoms with Crippen LogP contribution in [0.4, 0.5) is 0 Å². The number of aliphatic hydroxyl groups excluding tert-OH is 2. The maximum absolute atomic E-state index is 10.6. The summed E-state index contributed by atoms with van der Waals surface area (Å²) in [6, 6.07) is 4.11. The second-order valence-corrected chi connectivity index (χ2v) is 7.32. The highest BCUT2D eigenvalue weighted by atomic mass is 16.3. The highest BCUT2D eigenvalue weighted by molar-refractivity contribution is 5.45. The average Bonchev–Trinajstić information content (AvgIpc) is 2.42. The van der Waals surface area contributed by atoms with Crippen LogP contribution in [0.15, 0.2) is 12.1 Å². The quantitative estimate of drug-likeness (QED) is 0.677. The van der Waals surface area contributed by atoms with E-state index in [1.54, 1.807) is 0 Å². The minimum absolute atomic E-state index is 0.0116. The van der Waals surface area contributed by atoms with Crippen molar-refractivity contribution in [1.82, 2.24) is 9.80 Å². The number of phenols is 1. The highest BCUT2D eigenvalue weighted by Gasteiger charge is 2.20. The molecule has 0 bridgehead atoms. The lowest BCUT2D eigenvalue weighted by Gasteiger charge is -2.25. The molecule has 0 aliphatic carbocycles. The topological polar surface area (TPSA) is 67.2 Å². The van der Waals surface area contributed by atoms with Crippen molar-refractivity contribution < 1.29 is 15.3 Å². The Morgan fingerprint density at radius 3 is 1.57 bits per heavy atom. The van der Waals surface area contributed by atoms with Gasteiger partial charge in [0.05, 0.1) is 13.2 Å². The van der Waals surface area contributed by atoms with E-state index in [-0.39, 0.29) is 18.6 Å². The first-order valence-electron chi connectivity index (χ1n) is 8.13. The molecule has 0 radical (unpaired) electrons. The molecule has 0 saturated carbocycles. The summed E-state index contributed by atoms with van der Waals surface area (Å²) >= 11 is 0. The van der Waals surface area contributed by atoms with Gasteiger partial charge in [0.2, 0.25) is 0 Å². The van der Waals surface area contributed by atoms with E-state index in [1.807, 2.05) is 23.9 Å². The number of benzene rings is 1. The number of nitrogens with zero attached hydrogens (tertiary/aromatic N) is 2. The zero-order valence-corrected chi connectivity index (χ0v) is 15.1. The van der Waals surface area contributed by atoms with E-state index in [0.29, 0.717) is 31.9 Å². The molecule has 0 heterocycles. The minimum atomic E-state index is -0.0116. The Kier molecular flexibility index (Phi) is 7.48. The molecule has 0 fully saturated rings. The lowest BCUT2D eigenvalue weighted by atomic mass is 9.84. The van der Waals surface area contributed by atoms with Gasteiger partial charge in [-0.1, -0.05) is 32.9 Å². The summed E-state index contributed by atoms with van der Waals surface area (Å²) in [6.45, 7) is 8.98. The van der Waals surface area contributed by atoms with Gasteiger partial charge in [0, 0.05) is 37.3 Å². The Balaban J connectivity index is 3.17. The van der Waals surface area contributed by atoms with E-state index in [4.69, 9.17) is 10.2 Å². The molecule has 0 atom stereocenters. The van der Waals surface area contributed by atoms with Crippen LogP contribution >= 0.6 is 0 Å². The van der Waals surface area contributed by atoms with Gasteiger partial charge >= 0.3 is 0 Å². The minimum Gasteiger partial charge on any atom is -0.507 e. The van der Waals surface area contributed by atoms with Crippen molar-refractivity contribution in [1.29, 1.82) is 0 Å². The summed E-state index contributed by atoms with van der Waals surface area (Å²) in [7, 11) is 3.86. The van der Waals surface area contributed by atoms with Crippen LogP contribution in [0.1, 0.15) is 37.5 Å². The molecule has 1 aromatic carbocycles. The van der Waals surface area contributed by atoms with Crippen molar-refractivity contribution >= 4 is 0 Å². The number of hydrogen-bond acceptors (Lipinski definition) is 5. The molecule has 0 aliphatic heterocycles. The van der Waals surface area contributed by atoms with Crippen LogP contribution < -0.4 is 0 Å². The van der Waals surface area contributed by atoms with Crippen molar-refractivity contribution in [3.63, 3.8) is 0 Å². The highest BCUT2D eigenvalue weighted by Crippen LogP contribution is 2.32. The lowest BCUT2D eigenvalue weighted by Crippen LogP contribution is -2.24. The first kappa shape index (κ1) is 19.9. The van der Waals surface area contributed by atoms with Gasteiger partial charge in [-0.2, -0.15) is 0 Å². The van der Waals surface area contributed by atoms with E-state index in [9.17, 15) is 5.11 Å². The molecule has 0 saturated heterocycles. The first-order valence-corrected chi connectivity index (χ1v) is 8.13. The fourth-order valence-electron chi connectivity index (χ4n) is 2.52. The van der Waals surface area contributed by atoms with Crippen molar-refractivity contribution in [2.24, 2.45) is 0 Å². The monoisotopic (exact) mass is 324 g/mol. The number of rotatable bonds is 8. The molecule has 0 aliphatic rings. The van der Waals surface area contributed by atoms with Crippen LogP contribution in [0.3, 0.4) is 0 Å². The summed E-state index contributed by atoms with van der Waals surface area (Å²) in [4.78, 5) is 3.98. The predicted octanol–water partition coefficient (Wildman–Crippen LogP) is 1.54. The predicted molar refractivity (Wildman–Crippen MR) is 93.6 cm³/mol. The molecule has 0 unspecified atom stereocenters. The van der Waals surface area contributed by atoms with E-state index in [2.05, 4.69) is 32.9 Å². The van der Waals surface area contributed by atoms with Crippen molar-refractivity contribution in [2.45, 2.75) is 39.3 Å². The SMILES string of the molecule is CN(CCO)Cc1cc(C(C)(C)C)cc(CN(C)CCO)c1O. The van der Waals surface area contributed by atoms with Gasteiger partial charge in [0.1, 0.15) is 5.75 Å². The van der Waals surface area contributed by atoms with E-state index in [1.165, 1.54) is 5.56 Å². The molecule has 5 nitrogen and oxygen atoms in total. The van der Waals surface area contributed by atoms with Gasteiger partial charge in [-0.25, -0.2) is 0 Å². The summed E-state index contributed by atoms with van der Waals surface area (Å²) in [5, 5.41) is 28.8. The molecule has 23 heavy (non-hydrogen) atoms. The number of likely N-dealkylation sites (N-methyl/N-ethyl adjacent to an activating group) is 2. The van der Waals surface area contributed by atoms with Crippen LogP contribution in [0.5, 0.6) is 5.75 Å². The third-order valence-corrected chi connectivity index (χ3v) is 3.98. The molecule has 0 aromatic heterocycles. The zero-order chi connectivity index (χ0) is 17.6. The molecule has 1 rings (SSSR count). The van der Waals surface area contributed by atoms with Gasteiger partial charge in [-0.05, 0) is 25.1 Å². The van der Waals surface area contributed by atoms with E-state index in [0.717, 1.165) is 11.1 Å². The number of hydrogen-bond donors (Lipinski definition) is 3. The van der Waals surface area contributed by atoms with Gasteiger partial charge in [0.25, 0.3) is 0 Å². The van der Waals surface area contributed by atoms with Crippen molar-refractivity contribution in [2.75, 3.05) is 40.4 Å². The van der Waals surface area contributed by atoms with Crippen molar-refractivity contribution in [3.8, 4) is 5.75 Å². The smallest absolute Gasteiger partial charge is 0.124 e. The van der Waals surface area contributed by atoms with Gasteiger partial charge in [-0.3, -0.25) is 9.80 Å². The largest absolute Gasteiger partial charge is 0.507 e. The molecular weight excluding hydrogens is 292 g/mol. The molecule has 5 heteroatoms. The zero-order valence-electron chi connectivity index (χ0n) is 15.1. The van der Waals surface area contributed by atoms with Crippen LogP contribution in [-0.4, -0.2) is 65.5 Å². The maximum atomic E-state index is 10.6. The standard InChI is InChI=1S/C18H32N2O3/c1-18(2,3)16-10-14(12-19(4)6-8-21)17(23)15(11-16)13-20(5)7-9-22/h10-11,21-23H,6-9,12-13H2,1-5H3. The molecule has 3 N–H and O–H groups in total. The summed E-state index contributed by atoms with van der Waals surface area (Å²) in [6.07, 6.45) is 0. The average molecular weight is 324 g/mol. The Morgan fingerprint density at radius 1 is 0.870 bits per heavy atom. The van der Waals surface area contributed by atoms with E-state index >= 15 is 0 Å². The van der Waals surface area contributed by atoms with Gasteiger partial charge in [-0.15, -0.1) is 0 Å². The summed E-state index contributed by atoms with van der Waals surface area (Å²) in [5.74, 6) is 0.313. The summed E-state index contributed by atoms with van der Waals surface area (Å²) in [5.41, 5.74) is 2.92. The van der Waals surface area contributed by atoms with Crippen LogP contribution in [-0.2, 0) is 18.5 Å². The van der Waals surface area contributed by atoms with E-state index < -0.39 is 0 Å². The van der Waals surface area contributed by atoms with Crippen LogP contribution in [0, 0.1) is 0 Å². The second-order valence-electron chi connectivity index (χ2n) is 7.32. The fourth-order valence-corrected chi connectivity index (χ4v) is 2.52. The molecule has 1 aromatic rings. The Labute approximate surface area is 140 Å². The molecule has 0 spiro atoms. The number of phenolic OH excluding ortho intramolecular Hbond substituents is 1. The number of aliphatic hydroxyl groups is 2. The lowest BCUT2D eigenvalue weighted by molar-refractivity contribution is 0.213. The third-order valence-electron chi connectivity index (χ3n) is 3.98. The first-order chi connectivity index (χ1) is 10.7. The Bertz CT molecular complexity index is 463. The maximum Gasteiger partial charge on any atom is 0.124 e. The van der Waals surface area contributed by atoms with Gasteiger partial charge in [0.15, 0.2) is 0 Å². The van der Waals surface area contributed by atoms with Gasteiger partial charge < -0.3 is 15.3 Å². The normalized spacial score (nSPS) is 12.4. The third kappa shape index (κ3) is 6.11. The Hall–Kier alpha value is -1.14.